The zero-order valence-electron chi connectivity index (χ0n) is 10.3. The number of nitrogens with two attached hydrogens (primary N) is 1. The Hall–Kier alpha value is -0.610. The van der Waals surface area contributed by atoms with E-state index in [0.29, 0.717) is 25.9 Å². The molecule has 0 spiro atoms. The summed E-state index contributed by atoms with van der Waals surface area (Å²) in [6.45, 7) is 7.99. The Balaban J connectivity index is 4.22. The lowest BCUT2D eigenvalue weighted by molar-refractivity contribution is -0.130. The maximum atomic E-state index is 11.7. The highest BCUT2D eigenvalue weighted by molar-refractivity contribution is 5.82. The molecule has 15 heavy (non-hydrogen) atoms. The van der Waals surface area contributed by atoms with Crippen LogP contribution in [0.4, 0.5) is 0 Å². The van der Waals surface area contributed by atoms with E-state index in [1.54, 1.807) is 13.8 Å². The van der Waals surface area contributed by atoms with Crippen LogP contribution >= 0.6 is 0 Å². The second-order valence-corrected chi connectivity index (χ2v) is 4.70. The van der Waals surface area contributed by atoms with Crippen molar-refractivity contribution in [3.05, 3.63) is 0 Å². The van der Waals surface area contributed by atoms with Gasteiger partial charge in [-0.3, -0.25) is 4.79 Å². The third-order valence-electron chi connectivity index (χ3n) is 3.02. The number of amides is 1. The van der Waals surface area contributed by atoms with Crippen molar-refractivity contribution in [2.45, 2.75) is 46.1 Å². The monoisotopic (exact) mass is 216 g/mol. The fourth-order valence-electron chi connectivity index (χ4n) is 1.08. The van der Waals surface area contributed by atoms with Crippen molar-refractivity contribution in [2.24, 2.45) is 11.1 Å². The normalized spacial score (nSPS) is 12.7. The number of aliphatic hydroxyl groups is 1. The highest BCUT2D eigenvalue weighted by atomic mass is 16.3. The standard InChI is InChI=1S/C11H24N2O2/c1-5-11(15,6-2)8-13-9(14)10(3,4)7-12/h15H,5-8,12H2,1-4H3,(H,13,14). The Morgan fingerprint density at radius 1 is 1.33 bits per heavy atom. The van der Waals surface area contributed by atoms with Gasteiger partial charge in [-0.05, 0) is 26.7 Å². The minimum atomic E-state index is -0.791. The molecule has 0 saturated heterocycles. The van der Waals surface area contributed by atoms with Gasteiger partial charge in [0.1, 0.15) is 0 Å². The summed E-state index contributed by atoms with van der Waals surface area (Å²) in [6, 6.07) is 0. The summed E-state index contributed by atoms with van der Waals surface area (Å²) >= 11 is 0. The molecule has 4 heteroatoms. The highest BCUT2D eigenvalue weighted by Crippen LogP contribution is 2.16. The van der Waals surface area contributed by atoms with Crippen molar-refractivity contribution in [1.82, 2.24) is 5.32 Å². The molecule has 0 aliphatic carbocycles. The SMILES string of the molecule is CCC(O)(CC)CNC(=O)C(C)(C)CN. The Bertz CT molecular complexity index is 211. The van der Waals surface area contributed by atoms with E-state index in [4.69, 9.17) is 5.73 Å². The van der Waals surface area contributed by atoms with Crippen LogP contribution in [0.1, 0.15) is 40.5 Å². The Labute approximate surface area is 92.2 Å². The van der Waals surface area contributed by atoms with Gasteiger partial charge in [-0.15, -0.1) is 0 Å². The van der Waals surface area contributed by atoms with Crippen molar-refractivity contribution in [3.8, 4) is 0 Å². The fourth-order valence-corrected chi connectivity index (χ4v) is 1.08. The average Bonchev–Trinajstić information content (AvgIpc) is 2.25. The molecular formula is C11H24N2O2. The topological polar surface area (TPSA) is 75.3 Å². The van der Waals surface area contributed by atoms with Crippen LogP contribution in [0.15, 0.2) is 0 Å². The summed E-state index contributed by atoms with van der Waals surface area (Å²) in [5.74, 6) is -0.106. The minimum absolute atomic E-state index is 0.106. The van der Waals surface area contributed by atoms with Gasteiger partial charge in [0.05, 0.1) is 11.0 Å². The molecule has 0 atom stereocenters. The molecule has 0 aromatic rings. The molecule has 0 bridgehead atoms. The molecule has 0 saturated carbocycles. The number of hydrogen-bond donors (Lipinski definition) is 3. The van der Waals surface area contributed by atoms with Gasteiger partial charge < -0.3 is 16.2 Å². The van der Waals surface area contributed by atoms with Crippen LogP contribution in [-0.2, 0) is 4.79 Å². The maximum absolute atomic E-state index is 11.7. The third kappa shape index (κ3) is 4.18. The molecule has 0 aromatic carbocycles. The second-order valence-electron chi connectivity index (χ2n) is 4.70. The van der Waals surface area contributed by atoms with Gasteiger partial charge in [-0.2, -0.15) is 0 Å². The number of rotatable bonds is 6. The van der Waals surface area contributed by atoms with E-state index in [9.17, 15) is 9.90 Å². The zero-order chi connectivity index (χ0) is 12.1. The van der Waals surface area contributed by atoms with E-state index in [2.05, 4.69) is 5.32 Å². The minimum Gasteiger partial charge on any atom is -0.388 e. The summed E-state index contributed by atoms with van der Waals surface area (Å²) in [5.41, 5.74) is 4.13. The number of carbonyl (C=O) groups is 1. The summed E-state index contributed by atoms with van der Waals surface area (Å²) < 4.78 is 0. The summed E-state index contributed by atoms with van der Waals surface area (Å²) in [7, 11) is 0. The fraction of sp³-hybridized carbons (Fsp3) is 0.909. The van der Waals surface area contributed by atoms with Crippen LogP contribution in [-0.4, -0.2) is 29.7 Å². The molecule has 0 unspecified atom stereocenters. The van der Waals surface area contributed by atoms with Crippen molar-refractivity contribution in [2.75, 3.05) is 13.1 Å². The summed E-state index contributed by atoms with van der Waals surface area (Å²) in [4.78, 5) is 11.7. The van der Waals surface area contributed by atoms with Crippen LogP contribution in [0.25, 0.3) is 0 Å². The Morgan fingerprint density at radius 2 is 1.80 bits per heavy atom. The lowest BCUT2D eigenvalue weighted by Crippen LogP contribution is -2.48. The Morgan fingerprint density at radius 3 is 2.13 bits per heavy atom. The molecule has 0 aliphatic rings. The zero-order valence-corrected chi connectivity index (χ0v) is 10.3. The lowest BCUT2D eigenvalue weighted by Gasteiger charge is -2.28. The van der Waals surface area contributed by atoms with Crippen molar-refractivity contribution in [1.29, 1.82) is 0 Å². The first-order valence-corrected chi connectivity index (χ1v) is 5.52. The van der Waals surface area contributed by atoms with E-state index < -0.39 is 11.0 Å². The molecule has 90 valence electrons. The van der Waals surface area contributed by atoms with Crippen LogP contribution in [0.3, 0.4) is 0 Å². The molecular weight excluding hydrogens is 192 g/mol. The molecule has 0 fully saturated rings. The van der Waals surface area contributed by atoms with E-state index in [0.717, 1.165) is 0 Å². The van der Waals surface area contributed by atoms with E-state index in [1.165, 1.54) is 0 Å². The van der Waals surface area contributed by atoms with Crippen molar-refractivity contribution in [3.63, 3.8) is 0 Å². The van der Waals surface area contributed by atoms with Gasteiger partial charge >= 0.3 is 0 Å². The van der Waals surface area contributed by atoms with Gasteiger partial charge in [0.15, 0.2) is 0 Å². The van der Waals surface area contributed by atoms with Crippen LogP contribution in [0, 0.1) is 5.41 Å². The van der Waals surface area contributed by atoms with Gasteiger partial charge in [0.2, 0.25) is 5.91 Å². The maximum Gasteiger partial charge on any atom is 0.227 e. The second kappa shape index (κ2) is 5.47. The van der Waals surface area contributed by atoms with Gasteiger partial charge in [0, 0.05) is 13.1 Å². The summed E-state index contributed by atoms with van der Waals surface area (Å²) in [6.07, 6.45) is 1.26. The molecule has 0 radical (unpaired) electrons. The predicted octanol–water partition coefficient (Wildman–Crippen LogP) is 0.639. The molecule has 0 heterocycles. The predicted molar refractivity (Wildman–Crippen MR) is 61.4 cm³/mol. The molecule has 0 aliphatic heterocycles. The molecule has 0 rings (SSSR count). The molecule has 1 amide bonds. The summed E-state index contributed by atoms with van der Waals surface area (Å²) in [5, 5.41) is 12.7. The molecule has 0 aromatic heterocycles. The van der Waals surface area contributed by atoms with Crippen LogP contribution < -0.4 is 11.1 Å². The van der Waals surface area contributed by atoms with E-state index >= 15 is 0 Å². The highest BCUT2D eigenvalue weighted by Gasteiger charge is 2.29. The number of nitrogens with one attached hydrogen (secondary N) is 1. The lowest BCUT2D eigenvalue weighted by atomic mass is 9.91. The van der Waals surface area contributed by atoms with E-state index in [-0.39, 0.29) is 5.91 Å². The quantitative estimate of drug-likeness (QED) is 0.610. The van der Waals surface area contributed by atoms with Crippen LogP contribution in [0.2, 0.25) is 0 Å². The van der Waals surface area contributed by atoms with Crippen molar-refractivity contribution >= 4 is 5.91 Å². The van der Waals surface area contributed by atoms with Crippen molar-refractivity contribution < 1.29 is 9.90 Å². The molecule has 4 N–H and O–H groups in total. The first-order chi connectivity index (χ1) is 6.81. The number of carbonyl (C=O) groups excluding carboxylic acids is 1. The first kappa shape index (κ1) is 14.4. The van der Waals surface area contributed by atoms with E-state index in [1.807, 2.05) is 13.8 Å². The first-order valence-electron chi connectivity index (χ1n) is 5.52. The number of hydrogen-bond acceptors (Lipinski definition) is 3. The molecule has 4 nitrogen and oxygen atoms in total. The Kier molecular flexibility index (Phi) is 5.24. The van der Waals surface area contributed by atoms with Gasteiger partial charge in [-0.25, -0.2) is 0 Å². The van der Waals surface area contributed by atoms with Gasteiger partial charge in [-0.1, -0.05) is 13.8 Å². The third-order valence-corrected chi connectivity index (χ3v) is 3.02. The van der Waals surface area contributed by atoms with Crippen LogP contribution in [0.5, 0.6) is 0 Å². The smallest absolute Gasteiger partial charge is 0.227 e. The average molecular weight is 216 g/mol. The largest absolute Gasteiger partial charge is 0.388 e. The van der Waals surface area contributed by atoms with Gasteiger partial charge in [0.25, 0.3) is 0 Å².